The predicted octanol–water partition coefficient (Wildman–Crippen LogP) is 3.41. The molecule has 0 aromatic heterocycles. The Morgan fingerprint density at radius 3 is 2.14 bits per heavy atom. The first-order valence-corrected chi connectivity index (χ1v) is 5.26. The highest BCUT2D eigenvalue weighted by atomic mass is 35.5. The monoisotopic (exact) mass is 211 g/mol. The number of aryl methyl sites for hydroxylation is 1. The van der Waals surface area contributed by atoms with E-state index in [2.05, 4.69) is 32.9 Å². The second kappa shape index (κ2) is 4.33. The van der Waals surface area contributed by atoms with Gasteiger partial charge in [-0.05, 0) is 57.1 Å². The number of halogens is 1. The maximum Gasteiger partial charge on any atom is 0.110 e. The maximum atomic E-state index is 6.30. The first-order chi connectivity index (χ1) is 6.45. The highest BCUT2D eigenvalue weighted by molar-refractivity contribution is 6.20. The van der Waals surface area contributed by atoms with E-state index in [1.807, 2.05) is 19.0 Å². The smallest absolute Gasteiger partial charge is 0.110 e. The second-order valence-electron chi connectivity index (χ2n) is 4.02. The van der Waals surface area contributed by atoms with Crippen molar-refractivity contribution in [3.8, 4) is 0 Å². The van der Waals surface area contributed by atoms with E-state index >= 15 is 0 Å². The normalized spacial score (nSPS) is 13.4. The van der Waals surface area contributed by atoms with Crippen LogP contribution >= 0.6 is 11.6 Å². The Bertz CT molecular complexity index is 331. The molecule has 2 heteroatoms. The first kappa shape index (κ1) is 11.5. The minimum Gasteiger partial charge on any atom is -0.290 e. The third-order valence-electron chi connectivity index (χ3n) is 2.81. The SMILES string of the molecule is Cc1ccc(C(Cl)N(C)C)c(C)c1C. The molecule has 0 spiro atoms. The molecular weight excluding hydrogens is 194 g/mol. The minimum absolute atomic E-state index is 0.0331. The van der Waals surface area contributed by atoms with E-state index < -0.39 is 0 Å². The summed E-state index contributed by atoms with van der Waals surface area (Å²) in [5.74, 6) is 0. The topological polar surface area (TPSA) is 3.24 Å². The van der Waals surface area contributed by atoms with Crippen LogP contribution in [0.3, 0.4) is 0 Å². The van der Waals surface area contributed by atoms with Crippen LogP contribution in [0.1, 0.15) is 27.8 Å². The van der Waals surface area contributed by atoms with Gasteiger partial charge < -0.3 is 0 Å². The molecule has 14 heavy (non-hydrogen) atoms. The fourth-order valence-corrected chi connectivity index (χ4v) is 1.75. The molecule has 1 atom stereocenters. The van der Waals surface area contributed by atoms with Crippen LogP contribution in [0, 0.1) is 20.8 Å². The van der Waals surface area contributed by atoms with Gasteiger partial charge >= 0.3 is 0 Å². The predicted molar refractivity (Wildman–Crippen MR) is 62.9 cm³/mol. The van der Waals surface area contributed by atoms with E-state index in [9.17, 15) is 0 Å². The Morgan fingerprint density at radius 1 is 1.07 bits per heavy atom. The summed E-state index contributed by atoms with van der Waals surface area (Å²) < 4.78 is 0. The van der Waals surface area contributed by atoms with Crippen LogP contribution in [0.2, 0.25) is 0 Å². The molecular formula is C12H18ClN. The number of hydrogen-bond acceptors (Lipinski definition) is 1. The molecule has 0 radical (unpaired) electrons. The van der Waals surface area contributed by atoms with Gasteiger partial charge in [-0.3, -0.25) is 4.90 Å². The van der Waals surface area contributed by atoms with Crippen LogP contribution in [0.4, 0.5) is 0 Å². The fraction of sp³-hybridized carbons (Fsp3) is 0.500. The summed E-state index contributed by atoms with van der Waals surface area (Å²) in [4.78, 5) is 2.01. The Morgan fingerprint density at radius 2 is 1.64 bits per heavy atom. The molecule has 0 aliphatic carbocycles. The van der Waals surface area contributed by atoms with Crippen LogP contribution in [-0.2, 0) is 0 Å². The standard InChI is InChI=1S/C12H18ClN/c1-8-6-7-11(10(3)9(8)2)12(13)14(4)5/h6-7,12H,1-5H3. The second-order valence-corrected chi connectivity index (χ2v) is 4.43. The number of nitrogens with zero attached hydrogens (tertiary/aromatic N) is 1. The average Bonchev–Trinajstić information content (AvgIpc) is 2.13. The van der Waals surface area contributed by atoms with Gasteiger partial charge in [0, 0.05) is 0 Å². The van der Waals surface area contributed by atoms with Crippen molar-refractivity contribution in [2.24, 2.45) is 0 Å². The molecule has 0 heterocycles. The van der Waals surface area contributed by atoms with Crippen LogP contribution in [0.15, 0.2) is 12.1 Å². The van der Waals surface area contributed by atoms with Crippen molar-refractivity contribution in [2.45, 2.75) is 26.3 Å². The quantitative estimate of drug-likeness (QED) is 0.535. The largest absolute Gasteiger partial charge is 0.290 e. The van der Waals surface area contributed by atoms with Gasteiger partial charge in [0.15, 0.2) is 0 Å². The van der Waals surface area contributed by atoms with Crippen molar-refractivity contribution >= 4 is 11.6 Å². The van der Waals surface area contributed by atoms with E-state index in [4.69, 9.17) is 11.6 Å². The number of hydrogen-bond donors (Lipinski definition) is 0. The van der Waals surface area contributed by atoms with Gasteiger partial charge in [-0.15, -0.1) is 11.6 Å². The highest BCUT2D eigenvalue weighted by Gasteiger charge is 2.14. The van der Waals surface area contributed by atoms with Crippen molar-refractivity contribution in [1.29, 1.82) is 0 Å². The molecule has 0 fully saturated rings. The van der Waals surface area contributed by atoms with Crippen LogP contribution < -0.4 is 0 Å². The minimum atomic E-state index is -0.0331. The summed E-state index contributed by atoms with van der Waals surface area (Å²) in [6, 6.07) is 4.26. The lowest BCUT2D eigenvalue weighted by Crippen LogP contribution is -2.16. The van der Waals surface area contributed by atoms with Crippen molar-refractivity contribution in [3.05, 3.63) is 34.4 Å². The molecule has 0 N–H and O–H groups in total. The molecule has 0 aliphatic rings. The van der Waals surface area contributed by atoms with Gasteiger partial charge in [0.1, 0.15) is 5.50 Å². The van der Waals surface area contributed by atoms with E-state index in [0.29, 0.717) is 0 Å². The Balaban J connectivity index is 3.17. The lowest BCUT2D eigenvalue weighted by atomic mass is 9.98. The number of rotatable bonds is 2. The maximum absolute atomic E-state index is 6.30. The van der Waals surface area contributed by atoms with Gasteiger partial charge in [0.2, 0.25) is 0 Å². The highest BCUT2D eigenvalue weighted by Crippen LogP contribution is 2.28. The third kappa shape index (κ3) is 2.10. The van der Waals surface area contributed by atoms with Crippen LogP contribution in [-0.4, -0.2) is 19.0 Å². The molecule has 1 rings (SSSR count). The molecule has 0 amide bonds. The molecule has 1 nitrogen and oxygen atoms in total. The van der Waals surface area contributed by atoms with Crippen molar-refractivity contribution < 1.29 is 0 Å². The fourth-order valence-electron chi connectivity index (χ4n) is 1.51. The van der Waals surface area contributed by atoms with Crippen LogP contribution in [0.5, 0.6) is 0 Å². The zero-order chi connectivity index (χ0) is 10.9. The first-order valence-electron chi connectivity index (χ1n) is 4.82. The zero-order valence-corrected chi connectivity index (χ0v) is 10.3. The third-order valence-corrected chi connectivity index (χ3v) is 3.44. The molecule has 0 saturated carbocycles. The molecule has 1 aromatic carbocycles. The van der Waals surface area contributed by atoms with Crippen molar-refractivity contribution in [1.82, 2.24) is 4.90 Å². The Kier molecular flexibility index (Phi) is 3.57. The summed E-state index contributed by atoms with van der Waals surface area (Å²) in [7, 11) is 3.98. The number of benzene rings is 1. The van der Waals surface area contributed by atoms with E-state index in [0.717, 1.165) is 0 Å². The zero-order valence-electron chi connectivity index (χ0n) is 9.56. The Hall–Kier alpha value is -0.530. The summed E-state index contributed by atoms with van der Waals surface area (Å²) in [5, 5.41) is 0. The van der Waals surface area contributed by atoms with Gasteiger partial charge in [-0.25, -0.2) is 0 Å². The lowest BCUT2D eigenvalue weighted by Gasteiger charge is -2.21. The average molecular weight is 212 g/mol. The molecule has 0 aliphatic heterocycles. The summed E-state index contributed by atoms with van der Waals surface area (Å²) in [6.45, 7) is 6.41. The Labute approximate surface area is 91.7 Å². The van der Waals surface area contributed by atoms with Gasteiger partial charge in [-0.1, -0.05) is 12.1 Å². The van der Waals surface area contributed by atoms with Crippen molar-refractivity contribution in [2.75, 3.05) is 14.1 Å². The van der Waals surface area contributed by atoms with Gasteiger partial charge in [-0.2, -0.15) is 0 Å². The van der Waals surface area contributed by atoms with Crippen molar-refractivity contribution in [3.63, 3.8) is 0 Å². The van der Waals surface area contributed by atoms with Crippen LogP contribution in [0.25, 0.3) is 0 Å². The molecule has 78 valence electrons. The van der Waals surface area contributed by atoms with E-state index in [1.54, 1.807) is 0 Å². The molecule has 1 aromatic rings. The number of alkyl halides is 1. The van der Waals surface area contributed by atoms with E-state index in [1.165, 1.54) is 22.3 Å². The van der Waals surface area contributed by atoms with E-state index in [-0.39, 0.29) is 5.50 Å². The summed E-state index contributed by atoms with van der Waals surface area (Å²) in [5.41, 5.74) is 5.15. The molecule has 0 saturated heterocycles. The summed E-state index contributed by atoms with van der Waals surface area (Å²) >= 11 is 6.30. The van der Waals surface area contributed by atoms with Gasteiger partial charge in [0.05, 0.1) is 0 Å². The lowest BCUT2D eigenvalue weighted by molar-refractivity contribution is 0.383. The van der Waals surface area contributed by atoms with Gasteiger partial charge in [0.25, 0.3) is 0 Å². The summed E-state index contributed by atoms with van der Waals surface area (Å²) in [6.07, 6.45) is 0. The molecule has 0 bridgehead atoms. The molecule has 1 unspecified atom stereocenters.